The molecule has 0 radical (unpaired) electrons. The maximum absolute atomic E-state index is 14.8. The number of ether oxygens (including phenoxy) is 1. The van der Waals surface area contributed by atoms with E-state index >= 15 is 0 Å². The minimum atomic E-state index is -0.818. The molecule has 1 aromatic carbocycles. The van der Waals surface area contributed by atoms with Crippen molar-refractivity contribution in [3.63, 3.8) is 0 Å². The Morgan fingerprint density at radius 3 is 2.37 bits per heavy atom. The van der Waals surface area contributed by atoms with Crippen LogP contribution < -0.4 is 9.80 Å². The summed E-state index contributed by atoms with van der Waals surface area (Å²) < 4.78 is 4.49. The van der Waals surface area contributed by atoms with Gasteiger partial charge in [-0.15, -0.1) is 24.9 Å². The fourth-order valence-electron chi connectivity index (χ4n) is 7.49. The van der Waals surface area contributed by atoms with Crippen LogP contribution in [0.4, 0.5) is 11.4 Å². The molecule has 2 amide bonds. The Hall–Kier alpha value is -2.78. The van der Waals surface area contributed by atoms with Crippen molar-refractivity contribution in [3.8, 4) is 0 Å². The van der Waals surface area contributed by atoms with Crippen LogP contribution in [-0.4, -0.2) is 82.2 Å². The number of thioether (sulfide) groups is 1. The van der Waals surface area contributed by atoms with Gasteiger partial charge in [0.1, 0.15) is 6.04 Å². The number of carbonyl (C=O) groups is 3. The Bertz CT molecular complexity index is 1180. The number of fused-ring (bicyclic) bond motifs is 1. The van der Waals surface area contributed by atoms with Crippen molar-refractivity contribution < 1.29 is 24.2 Å². The quantitative estimate of drug-likeness (QED) is 0.156. The van der Waals surface area contributed by atoms with Crippen molar-refractivity contribution in [2.75, 3.05) is 42.6 Å². The first-order valence-electron chi connectivity index (χ1n) is 15.9. The highest BCUT2D eigenvalue weighted by Crippen LogP contribution is 2.72. The third kappa shape index (κ3) is 5.87. The van der Waals surface area contributed by atoms with Crippen LogP contribution in [0.2, 0.25) is 0 Å². The minimum Gasteiger partial charge on any atom is -0.465 e. The summed E-state index contributed by atoms with van der Waals surface area (Å²) in [5.74, 6) is -2.10. The third-order valence-corrected chi connectivity index (χ3v) is 11.7. The molecule has 6 atom stereocenters. The molecule has 1 spiro atoms. The van der Waals surface area contributed by atoms with E-state index in [0.717, 1.165) is 43.7 Å². The number of benzene rings is 1. The van der Waals surface area contributed by atoms with Gasteiger partial charge in [-0.05, 0) is 83.6 Å². The second kappa shape index (κ2) is 13.9. The number of hydrogen-bond donors (Lipinski definition) is 1. The van der Waals surface area contributed by atoms with Gasteiger partial charge in [0.05, 0.1) is 35.8 Å². The van der Waals surface area contributed by atoms with E-state index in [1.807, 2.05) is 44.2 Å². The number of esters is 1. The molecule has 4 rings (SSSR count). The molecule has 8 nitrogen and oxygen atoms in total. The standard InChI is InChI=1S/C34H49N3O5S/c1-7-12-13-14-22-42-32(41)28-27-30(39)37(24(9-3)23-38)29(34(27)20-19-33(28,6)43-34)31(40)36(21-8-2)26-17-15-25(16-18-26)35(10-4)11-5/h7-8,15-18,24,27-29,38H,1-2,9-14,19-23H2,3-6H3/t24-,27-,28+,29?,33-,34?/m0/s1. The van der Waals surface area contributed by atoms with Gasteiger partial charge in [0.25, 0.3) is 5.91 Å². The number of allylic oxidation sites excluding steroid dienone is 1. The fourth-order valence-corrected chi connectivity index (χ4v) is 9.82. The predicted octanol–water partition coefficient (Wildman–Crippen LogP) is 5.20. The van der Waals surface area contributed by atoms with Gasteiger partial charge in [-0.2, -0.15) is 0 Å². The third-order valence-electron chi connectivity index (χ3n) is 9.69. The molecule has 0 aliphatic carbocycles. The first-order valence-corrected chi connectivity index (χ1v) is 16.7. The maximum Gasteiger partial charge on any atom is 0.311 e. The highest BCUT2D eigenvalue weighted by molar-refractivity contribution is 8.02. The number of rotatable bonds is 16. The second-order valence-electron chi connectivity index (χ2n) is 12.1. The average molecular weight is 612 g/mol. The van der Waals surface area contributed by atoms with Crippen molar-refractivity contribution in [3.05, 3.63) is 49.6 Å². The van der Waals surface area contributed by atoms with Gasteiger partial charge >= 0.3 is 5.97 Å². The van der Waals surface area contributed by atoms with E-state index in [1.54, 1.807) is 27.6 Å². The first-order chi connectivity index (χ1) is 20.7. The lowest BCUT2D eigenvalue weighted by Crippen LogP contribution is -2.57. The van der Waals surface area contributed by atoms with Gasteiger partial charge in [0.15, 0.2) is 0 Å². The molecule has 2 unspecified atom stereocenters. The molecule has 3 fully saturated rings. The van der Waals surface area contributed by atoms with E-state index in [2.05, 4.69) is 31.9 Å². The van der Waals surface area contributed by atoms with Gasteiger partial charge in [0, 0.05) is 35.8 Å². The first kappa shape index (κ1) is 33.1. The number of unbranched alkanes of at least 4 members (excludes halogenated alkanes) is 2. The number of amides is 2. The molecule has 0 saturated carbocycles. The van der Waals surface area contributed by atoms with Gasteiger partial charge in [0.2, 0.25) is 5.91 Å². The van der Waals surface area contributed by atoms with Gasteiger partial charge < -0.3 is 24.5 Å². The van der Waals surface area contributed by atoms with Gasteiger partial charge in [-0.1, -0.05) is 19.1 Å². The summed E-state index contributed by atoms with van der Waals surface area (Å²) in [6.45, 7) is 17.9. The molecule has 43 heavy (non-hydrogen) atoms. The van der Waals surface area contributed by atoms with E-state index in [4.69, 9.17) is 4.74 Å². The van der Waals surface area contributed by atoms with Gasteiger partial charge in [-0.3, -0.25) is 14.4 Å². The summed E-state index contributed by atoms with van der Waals surface area (Å²) >= 11 is 1.62. The normalized spacial score (nSPS) is 28.0. The van der Waals surface area contributed by atoms with E-state index < -0.39 is 33.4 Å². The molecule has 1 N–H and O–H groups in total. The number of anilines is 2. The zero-order valence-corrected chi connectivity index (χ0v) is 27.1. The average Bonchev–Trinajstić information content (AvgIpc) is 3.58. The Morgan fingerprint density at radius 2 is 1.79 bits per heavy atom. The predicted molar refractivity (Wildman–Crippen MR) is 174 cm³/mol. The molecule has 3 saturated heterocycles. The van der Waals surface area contributed by atoms with Crippen LogP contribution >= 0.6 is 11.8 Å². The maximum atomic E-state index is 14.8. The minimum absolute atomic E-state index is 0.201. The zero-order chi connectivity index (χ0) is 31.4. The van der Waals surface area contributed by atoms with Crippen LogP contribution in [0.1, 0.15) is 66.2 Å². The molecule has 0 aromatic heterocycles. The van der Waals surface area contributed by atoms with Crippen molar-refractivity contribution in [1.82, 2.24) is 4.90 Å². The van der Waals surface area contributed by atoms with E-state index in [9.17, 15) is 19.5 Å². The lowest BCUT2D eigenvalue weighted by molar-refractivity contribution is -0.156. The summed E-state index contributed by atoms with van der Waals surface area (Å²) in [6, 6.07) is 6.58. The lowest BCUT2D eigenvalue weighted by Gasteiger charge is -2.39. The number of carbonyl (C=O) groups excluding carboxylic acids is 3. The topological polar surface area (TPSA) is 90.4 Å². The van der Waals surface area contributed by atoms with Crippen LogP contribution in [0.25, 0.3) is 0 Å². The summed E-state index contributed by atoms with van der Waals surface area (Å²) in [7, 11) is 0. The van der Waals surface area contributed by atoms with Crippen LogP contribution in [-0.2, 0) is 19.1 Å². The van der Waals surface area contributed by atoms with Crippen LogP contribution in [0.3, 0.4) is 0 Å². The number of hydrogen-bond acceptors (Lipinski definition) is 7. The molecule has 3 aliphatic rings. The van der Waals surface area contributed by atoms with E-state index in [1.165, 1.54) is 0 Å². The fraction of sp³-hybridized carbons (Fsp3) is 0.618. The number of likely N-dealkylation sites (tertiary alicyclic amines) is 1. The van der Waals surface area contributed by atoms with Crippen molar-refractivity contribution in [2.24, 2.45) is 11.8 Å². The highest BCUT2D eigenvalue weighted by Gasteiger charge is 2.78. The molecule has 236 valence electrons. The zero-order valence-electron chi connectivity index (χ0n) is 26.3. The molecular formula is C34H49N3O5S. The monoisotopic (exact) mass is 611 g/mol. The second-order valence-corrected chi connectivity index (χ2v) is 14.0. The van der Waals surface area contributed by atoms with Gasteiger partial charge in [-0.25, -0.2) is 0 Å². The van der Waals surface area contributed by atoms with Crippen LogP contribution in [0.15, 0.2) is 49.6 Å². The Kier molecular flexibility index (Phi) is 10.7. The lowest BCUT2D eigenvalue weighted by atomic mass is 9.66. The summed E-state index contributed by atoms with van der Waals surface area (Å²) in [5, 5.41) is 10.4. The van der Waals surface area contributed by atoms with Crippen molar-refractivity contribution in [1.29, 1.82) is 0 Å². The molecule has 3 aliphatic heterocycles. The molecule has 2 bridgehead atoms. The summed E-state index contributed by atoms with van der Waals surface area (Å²) in [4.78, 5) is 48.4. The Balaban J connectivity index is 1.71. The Morgan fingerprint density at radius 1 is 1.12 bits per heavy atom. The molecule has 3 heterocycles. The summed E-state index contributed by atoms with van der Waals surface area (Å²) in [5.41, 5.74) is 1.80. The van der Waals surface area contributed by atoms with Crippen LogP contribution in [0, 0.1) is 11.8 Å². The summed E-state index contributed by atoms with van der Waals surface area (Å²) in [6.07, 6.45) is 7.87. The molecule has 9 heteroatoms. The number of aliphatic hydroxyl groups excluding tert-OH is 1. The number of aliphatic hydroxyl groups is 1. The van der Waals surface area contributed by atoms with E-state index in [0.29, 0.717) is 25.9 Å². The molecule has 1 aromatic rings. The largest absolute Gasteiger partial charge is 0.465 e. The van der Waals surface area contributed by atoms with Crippen molar-refractivity contribution in [2.45, 2.75) is 87.8 Å². The smallest absolute Gasteiger partial charge is 0.311 e. The SMILES string of the molecule is C=CCCCCOC(=O)[C@H]1[C@H]2C(=O)N([C@@H](CC)CO)C(C(=O)N(CC=C)c3ccc(N(CC)CC)cc3)C23CC[C@]1(C)S3. The number of nitrogens with zero attached hydrogens (tertiary/aromatic N) is 3. The van der Waals surface area contributed by atoms with Crippen LogP contribution in [0.5, 0.6) is 0 Å². The molecular weight excluding hydrogens is 562 g/mol. The van der Waals surface area contributed by atoms with E-state index in [-0.39, 0.29) is 30.9 Å². The highest BCUT2D eigenvalue weighted by atomic mass is 32.2. The Labute approximate surface area is 261 Å². The van der Waals surface area contributed by atoms with Crippen molar-refractivity contribution >= 4 is 40.9 Å².